The van der Waals surface area contributed by atoms with E-state index in [1.54, 1.807) is 49.5 Å². The molecule has 4 atom stereocenters. The first-order valence-electron chi connectivity index (χ1n) is 16.3. The highest BCUT2D eigenvalue weighted by Gasteiger charge is 2.71. The molecule has 0 radical (unpaired) electrons. The number of Topliss-reactive ketones (excluding diaryl/α,β-unsaturated/α-hetero) is 2. The third-order valence-electron chi connectivity index (χ3n) is 10.2. The Morgan fingerprint density at radius 2 is 1.62 bits per heavy atom. The largest absolute Gasteiger partial charge is 0.493 e. The number of nitrogens with zero attached hydrogens (tertiary/aromatic N) is 5. The zero-order valence-electron chi connectivity index (χ0n) is 28.4. The van der Waals surface area contributed by atoms with Crippen molar-refractivity contribution in [1.82, 2.24) is 23.5 Å². The SMILES string of the molecule is COc1cc2nc(CCn3c(=O)n4n(c3=O)C3CC5(Cl)C(=O)C(Cl)=C(Cl)C(=O)C5(Cl)C(c5ccccc5OCCO)C3=CC4)c(=O)n(C)c2cc1OC. The van der Waals surface area contributed by atoms with Crippen molar-refractivity contribution in [1.29, 1.82) is 0 Å². The monoisotopic (exact) mass is 805 g/mol. The molecule has 14 nitrogen and oxygen atoms in total. The number of carbonyl (C=O) groups excluding carboxylic acids is 2. The van der Waals surface area contributed by atoms with Crippen molar-refractivity contribution in [3.8, 4) is 17.2 Å². The molecular weight excluding hydrogens is 776 g/mol. The first-order valence-corrected chi connectivity index (χ1v) is 17.8. The van der Waals surface area contributed by atoms with E-state index >= 15 is 0 Å². The Kier molecular flexibility index (Phi) is 9.43. The molecule has 2 aliphatic carbocycles. The molecule has 4 aromatic rings. The van der Waals surface area contributed by atoms with Gasteiger partial charge < -0.3 is 23.9 Å². The van der Waals surface area contributed by atoms with Crippen molar-refractivity contribution in [3.63, 3.8) is 0 Å². The molecular formula is C35H31Cl4N5O9. The maximum Gasteiger partial charge on any atom is 0.347 e. The lowest BCUT2D eigenvalue weighted by atomic mass is 9.59. The number of methoxy groups -OCH3 is 2. The Hall–Kier alpha value is -4.34. The molecule has 53 heavy (non-hydrogen) atoms. The highest BCUT2D eigenvalue weighted by molar-refractivity contribution is 6.66. The third-order valence-corrected chi connectivity index (χ3v) is 12.4. The van der Waals surface area contributed by atoms with Gasteiger partial charge in [0.05, 0.1) is 44.4 Å². The minimum atomic E-state index is -2.25. The Morgan fingerprint density at radius 3 is 2.32 bits per heavy atom. The number of benzene rings is 2. The molecule has 3 aliphatic rings. The Balaban J connectivity index is 1.34. The van der Waals surface area contributed by atoms with Gasteiger partial charge in [0, 0.05) is 50.0 Å². The van der Waals surface area contributed by atoms with Crippen LogP contribution in [0.5, 0.6) is 17.2 Å². The van der Waals surface area contributed by atoms with E-state index in [1.807, 2.05) is 0 Å². The number of alkyl halides is 2. The molecule has 0 bridgehead atoms. The lowest BCUT2D eigenvalue weighted by Gasteiger charge is -2.54. The predicted molar refractivity (Wildman–Crippen MR) is 196 cm³/mol. The highest BCUT2D eigenvalue weighted by atomic mass is 35.5. The number of allylic oxidation sites excluding steroid dienone is 4. The van der Waals surface area contributed by atoms with Crippen LogP contribution in [0, 0.1) is 0 Å². The third kappa shape index (κ3) is 5.32. The minimum Gasteiger partial charge on any atom is -0.493 e. The van der Waals surface area contributed by atoms with Crippen LogP contribution < -0.4 is 31.1 Å². The highest BCUT2D eigenvalue weighted by Crippen LogP contribution is 2.64. The standard InChI is InChI=1S/C35H31Cl4N5O9/c1-41-21-15-25(52-3)24(51-2)14-20(21)40-19(31(41)48)9-10-42-32(49)43-11-8-17-22(44(43)33(42)50)16-34(38)29(46)27(36)28(37)30(47)35(34,39)26(17)18-6-4-5-7-23(18)53-13-12-45/h4-8,14-15,22,26,45H,9-13,16H2,1-3H3. The summed E-state index contributed by atoms with van der Waals surface area (Å²) >= 11 is 27.2. The zero-order chi connectivity index (χ0) is 38.1. The van der Waals surface area contributed by atoms with Gasteiger partial charge in [-0.15, -0.1) is 23.2 Å². The number of fused-ring (bicyclic) bond motifs is 5. The van der Waals surface area contributed by atoms with Crippen molar-refractivity contribution >= 4 is 69.0 Å². The second-order valence-electron chi connectivity index (χ2n) is 12.8. The Labute approximate surface area is 320 Å². The van der Waals surface area contributed by atoms with Gasteiger partial charge in [0.2, 0.25) is 0 Å². The van der Waals surface area contributed by atoms with Crippen molar-refractivity contribution in [3.05, 3.63) is 101 Å². The number of hydrogen-bond acceptors (Lipinski definition) is 10. The van der Waals surface area contributed by atoms with Gasteiger partial charge >= 0.3 is 11.4 Å². The topological polar surface area (TPSA) is 166 Å². The number of ketones is 2. The fraction of sp³-hybridized carbons (Fsp3) is 0.371. The molecule has 18 heteroatoms. The summed E-state index contributed by atoms with van der Waals surface area (Å²) < 4.78 is 21.3. The van der Waals surface area contributed by atoms with Crippen molar-refractivity contribution in [2.45, 2.75) is 47.6 Å². The molecule has 3 heterocycles. The van der Waals surface area contributed by atoms with Crippen LogP contribution in [0.2, 0.25) is 0 Å². The molecule has 0 spiro atoms. The number of aryl methyl sites for hydroxylation is 2. The van der Waals surface area contributed by atoms with Gasteiger partial charge in [0.15, 0.2) is 23.1 Å². The predicted octanol–water partition coefficient (Wildman–Crippen LogP) is 3.15. The maximum atomic E-state index is 14.3. The van der Waals surface area contributed by atoms with Crippen LogP contribution in [0.3, 0.4) is 0 Å². The first kappa shape index (κ1) is 37.0. The molecule has 1 aliphatic heterocycles. The number of aromatic nitrogens is 5. The van der Waals surface area contributed by atoms with Gasteiger partial charge in [-0.1, -0.05) is 47.5 Å². The molecule has 278 valence electrons. The number of para-hydroxylation sites is 1. The fourth-order valence-corrected chi connectivity index (χ4v) is 9.17. The van der Waals surface area contributed by atoms with Crippen LogP contribution in [0.4, 0.5) is 0 Å². The molecule has 7 rings (SSSR count). The van der Waals surface area contributed by atoms with Gasteiger partial charge in [-0.2, -0.15) is 0 Å². The van der Waals surface area contributed by atoms with Crippen LogP contribution in [-0.4, -0.2) is 77.3 Å². The van der Waals surface area contributed by atoms with E-state index in [2.05, 4.69) is 4.98 Å². The summed E-state index contributed by atoms with van der Waals surface area (Å²) in [4.78, 5) is 69.7. The number of aliphatic hydroxyl groups is 1. The molecule has 1 N–H and O–H groups in total. The van der Waals surface area contributed by atoms with E-state index < -0.39 is 66.7 Å². The Bertz CT molecular complexity index is 2480. The van der Waals surface area contributed by atoms with E-state index in [9.17, 15) is 29.1 Å². The fourth-order valence-electron chi connectivity index (χ4n) is 7.65. The summed E-state index contributed by atoms with van der Waals surface area (Å²) in [5.74, 6) is -1.98. The summed E-state index contributed by atoms with van der Waals surface area (Å²) in [5, 5.41) is 8.33. The number of halogens is 4. The summed E-state index contributed by atoms with van der Waals surface area (Å²) in [7, 11) is 4.52. The molecule has 1 fully saturated rings. The van der Waals surface area contributed by atoms with E-state index in [1.165, 1.54) is 28.2 Å². The number of ether oxygens (including phenoxy) is 3. The number of hydrogen-bond donors (Lipinski definition) is 1. The van der Waals surface area contributed by atoms with E-state index in [4.69, 9.17) is 60.6 Å². The number of aliphatic hydroxyl groups excluding tert-OH is 1. The van der Waals surface area contributed by atoms with Gasteiger partial charge in [-0.3, -0.25) is 14.4 Å². The summed E-state index contributed by atoms with van der Waals surface area (Å²) in [6, 6.07) is 8.75. The Morgan fingerprint density at radius 1 is 0.943 bits per heavy atom. The average Bonchev–Trinajstić information content (AvgIpc) is 3.41. The normalized spacial score (nSPS) is 23.7. The molecule has 1 saturated carbocycles. The molecule has 2 aromatic heterocycles. The summed E-state index contributed by atoms with van der Waals surface area (Å²) in [6.07, 6.45) is 1.17. The van der Waals surface area contributed by atoms with Crippen molar-refractivity contribution in [2.24, 2.45) is 7.05 Å². The van der Waals surface area contributed by atoms with E-state index in [0.717, 1.165) is 4.57 Å². The average molecular weight is 807 g/mol. The van der Waals surface area contributed by atoms with Crippen molar-refractivity contribution < 1.29 is 28.9 Å². The van der Waals surface area contributed by atoms with E-state index in [-0.39, 0.29) is 44.2 Å². The van der Waals surface area contributed by atoms with Crippen LogP contribution in [0.1, 0.15) is 29.6 Å². The number of carbonyl (C=O) groups is 2. The lowest BCUT2D eigenvalue weighted by Crippen LogP contribution is -2.67. The van der Waals surface area contributed by atoms with Gasteiger partial charge in [-0.05, 0) is 11.6 Å². The van der Waals surface area contributed by atoms with Crippen LogP contribution in [0.25, 0.3) is 11.0 Å². The van der Waals surface area contributed by atoms with Crippen LogP contribution in [-0.2, 0) is 36.1 Å². The maximum absolute atomic E-state index is 14.3. The quantitative estimate of drug-likeness (QED) is 0.196. The molecule has 0 saturated heterocycles. The minimum absolute atomic E-state index is 0.0879. The second-order valence-corrected chi connectivity index (χ2v) is 14.8. The smallest absolute Gasteiger partial charge is 0.347 e. The van der Waals surface area contributed by atoms with Crippen LogP contribution >= 0.6 is 46.4 Å². The van der Waals surface area contributed by atoms with Gasteiger partial charge in [-0.25, -0.2) is 28.5 Å². The molecule has 2 aromatic carbocycles. The second kappa shape index (κ2) is 13.5. The zero-order valence-corrected chi connectivity index (χ0v) is 31.4. The summed E-state index contributed by atoms with van der Waals surface area (Å²) in [6.45, 7) is -0.764. The van der Waals surface area contributed by atoms with E-state index in [0.29, 0.717) is 33.7 Å². The van der Waals surface area contributed by atoms with Gasteiger partial charge in [0.1, 0.15) is 37.9 Å². The number of rotatable bonds is 9. The molecule has 4 unspecified atom stereocenters. The van der Waals surface area contributed by atoms with Gasteiger partial charge in [0.25, 0.3) is 5.56 Å². The lowest BCUT2D eigenvalue weighted by molar-refractivity contribution is -0.128. The van der Waals surface area contributed by atoms with Crippen LogP contribution in [0.15, 0.2) is 72.5 Å². The molecule has 0 amide bonds. The van der Waals surface area contributed by atoms with Crippen molar-refractivity contribution in [2.75, 3.05) is 27.4 Å². The summed E-state index contributed by atoms with van der Waals surface area (Å²) in [5.41, 5.74) is -0.119. The first-order chi connectivity index (χ1) is 25.2.